The van der Waals surface area contributed by atoms with Crippen LogP contribution in [0.15, 0.2) is 12.4 Å². The Balaban J connectivity index is 1.95. The fourth-order valence-corrected chi connectivity index (χ4v) is 3.69. The van der Waals surface area contributed by atoms with Gasteiger partial charge >= 0.3 is 0 Å². The van der Waals surface area contributed by atoms with Crippen molar-refractivity contribution in [2.75, 3.05) is 50.7 Å². The SMILES string of the molecule is CC(C)(C)c1cnc(N2CCN(CP(C)(C)=O)CC2)nc1. The van der Waals surface area contributed by atoms with Crippen molar-refractivity contribution < 1.29 is 4.57 Å². The third-order valence-electron chi connectivity index (χ3n) is 3.70. The molecule has 1 aromatic heterocycles. The third-order valence-corrected chi connectivity index (χ3v) is 4.78. The summed E-state index contributed by atoms with van der Waals surface area (Å²) in [5, 5.41) is 0. The molecule has 0 atom stereocenters. The van der Waals surface area contributed by atoms with Gasteiger partial charge in [0.2, 0.25) is 5.95 Å². The van der Waals surface area contributed by atoms with Crippen LogP contribution in [0.1, 0.15) is 26.3 Å². The minimum atomic E-state index is -1.97. The van der Waals surface area contributed by atoms with Crippen LogP contribution in [0, 0.1) is 0 Å². The van der Waals surface area contributed by atoms with E-state index in [1.165, 1.54) is 0 Å². The van der Waals surface area contributed by atoms with Crippen LogP contribution in [0.4, 0.5) is 5.95 Å². The summed E-state index contributed by atoms with van der Waals surface area (Å²) in [6.45, 7) is 13.9. The number of nitrogens with zero attached hydrogens (tertiary/aromatic N) is 4. The summed E-state index contributed by atoms with van der Waals surface area (Å²) >= 11 is 0. The van der Waals surface area contributed by atoms with E-state index in [2.05, 4.69) is 40.5 Å². The third kappa shape index (κ3) is 4.79. The van der Waals surface area contributed by atoms with Gasteiger partial charge in [-0.15, -0.1) is 0 Å². The molecule has 6 heteroatoms. The molecule has 1 saturated heterocycles. The van der Waals surface area contributed by atoms with Crippen LogP contribution in [0.25, 0.3) is 0 Å². The highest BCUT2D eigenvalue weighted by molar-refractivity contribution is 7.62. The average Bonchev–Trinajstić information content (AvgIpc) is 2.37. The molecule has 0 saturated carbocycles. The monoisotopic (exact) mass is 310 g/mol. The summed E-state index contributed by atoms with van der Waals surface area (Å²) < 4.78 is 11.9. The molecule has 1 fully saturated rings. The van der Waals surface area contributed by atoms with Crippen molar-refractivity contribution in [3.63, 3.8) is 0 Å². The number of hydrogen-bond acceptors (Lipinski definition) is 5. The Morgan fingerprint density at radius 2 is 1.62 bits per heavy atom. The molecule has 0 amide bonds. The maximum Gasteiger partial charge on any atom is 0.225 e. The van der Waals surface area contributed by atoms with Gasteiger partial charge in [-0.05, 0) is 24.3 Å². The van der Waals surface area contributed by atoms with Crippen molar-refractivity contribution in [3.05, 3.63) is 18.0 Å². The van der Waals surface area contributed by atoms with Gasteiger partial charge in [-0.25, -0.2) is 9.97 Å². The van der Waals surface area contributed by atoms with Gasteiger partial charge in [0.05, 0.1) is 13.4 Å². The molecule has 21 heavy (non-hydrogen) atoms. The summed E-state index contributed by atoms with van der Waals surface area (Å²) in [6, 6.07) is 0. The van der Waals surface area contributed by atoms with Crippen LogP contribution in [0.5, 0.6) is 0 Å². The lowest BCUT2D eigenvalue weighted by atomic mass is 9.89. The maximum absolute atomic E-state index is 11.9. The van der Waals surface area contributed by atoms with Crippen molar-refractivity contribution in [1.82, 2.24) is 14.9 Å². The zero-order valence-electron chi connectivity index (χ0n) is 13.8. The molecule has 1 aliphatic rings. The summed E-state index contributed by atoms with van der Waals surface area (Å²) in [4.78, 5) is 13.5. The van der Waals surface area contributed by atoms with Gasteiger partial charge in [0, 0.05) is 38.6 Å². The number of rotatable bonds is 3. The zero-order chi connectivity index (χ0) is 15.7. The van der Waals surface area contributed by atoms with Gasteiger partial charge in [-0.1, -0.05) is 20.8 Å². The molecule has 5 nitrogen and oxygen atoms in total. The molecule has 118 valence electrons. The molecule has 1 aromatic rings. The topological polar surface area (TPSA) is 49.3 Å². The minimum Gasteiger partial charge on any atom is -0.338 e. The van der Waals surface area contributed by atoms with E-state index in [0.29, 0.717) is 6.29 Å². The molecular formula is C15H27N4OP. The Morgan fingerprint density at radius 3 is 2.05 bits per heavy atom. The first-order valence-corrected chi connectivity index (χ1v) is 10.3. The van der Waals surface area contributed by atoms with Crippen molar-refractivity contribution in [3.8, 4) is 0 Å². The molecule has 0 aliphatic carbocycles. The van der Waals surface area contributed by atoms with E-state index in [1.54, 1.807) is 0 Å². The normalized spacial score (nSPS) is 18.0. The van der Waals surface area contributed by atoms with Gasteiger partial charge in [-0.3, -0.25) is 4.90 Å². The summed E-state index contributed by atoms with van der Waals surface area (Å²) in [6.07, 6.45) is 4.58. The van der Waals surface area contributed by atoms with Gasteiger partial charge in [0.25, 0.3) is 0 Å². The Hall–Kier alpha value is -0.930. The van der Waals surface area contributed by atoms with Crippen molar-refractivity contribution in [1.29, 1.82) is 0 Å². The van der Waals surface area contributed by atoms with Crippen LogP contribution < -0.4 is 4.90 Å². The smallest absolute Gasteiger partial charge is 0.225 e. The van der Waals surface area contributed by atoms with Gasteiger partial charge in [-0.2, -0.15) is 0 Å². The first kappa shape index (κ1) is 16.4. The lowest BCUT2D eigenvalue weighted by Gasteiger charge is -2.35. The van der Waals surface area contributed by atoms with Gasteiger partial charge in [0.15, 0.2) is 0 Å². The number of hydrogen-bond donors (Lipinski definition) is 0. The molecule has 0 unspecified atom stereocenters. The van der Waals surface area contributed by atoms with Crippen LogP contribution in [-0.2, 0) is 9.98 Å². The Kier molecular flexibility index (Phi) is 4.74. The number of aromatic nitrogens is 2. The van der Waals surface area contributed by atoms with E-state index in [0.717, 1.165) is 37.7 Å². The van der Waals surface area contributed by atoms with E-state index in [1.807, 2.05) is 25.7 Å². The molecule has 0 bridgehead atoms. The summed E-state index contributed by atoms with van der Waals surface area (Å²) in [7, 11) is -1.97. The van der Waals surface area contributed by atoms with Crippen LogP contribution in [0.2, 0.25) is 0 Å². The molecule has 0 N–H and O–H groups in total. The second kappa shape index (κ2) is 6.05. The molecule has 2 heterocycles. The predicted octanol–water partition coefficient (Wildman–Crippen LogP) is 2.48. The highest BCUT2D eigenvalue weighted by atomic mass is 31.2. The standard InChI is InChI=1S/C15H27N4OP/c1-15(2,3)13-10-16-14(17-11-13)19-8-6-18(7-9-19)12-21(4,5)20/h10-11H,6-9,12H2,1-5H3. The lowest BCUT2D eigenvalue weighted by Crippen LogP contribution is -2.47. The molecule has 0 spiro atoms. The first-order chi connectivity index (χ1) is 9.65. The molecule has 0 aromatic carbocycles. The minimum absolute atomic E-state index is 0.0840. The van der Waals surface area contributed by atoms with Gasteiger partial charge in [0.1, 0.15) is 0 Å². The fraction of sp³-hybridized carbons (Fsp3) is 0.733. The van der Waals surface area contributed by atoms with Crippen LogP contribution in [0.3, 0.4) is 0 Å². The molecule has 2 rings (SSSR count). The van der Waals surface area contributed by atoms with E-state index < -0.39 is 7.14 Å². The number of piperazine rings is 1. The first-order valence-electron chi connectivity index (χ1n) is 7.49. The van der Waals surface area contributed by atoms with E-state index in [4.69, 9.17) is 0 Å². The summed E-state index contributed by atoms with van der Waals surface area (Å²) in [5.41, 5.74) is 1.24. The zero-order valence-corrected chi connectivity index (χ0v) is 14.7. The van der Waals surface area contributed by atoms with Crippen molar-refractivity contribution >= 4 is 13.1 Å². The maximum atomic E-state index is 11.9. The second-order valence-corrected chi connectivity index (χ2v) is 10.8. The van der Waals surface area contributed by atoms with E-state index in [9.17, 15) is 4.57 Å². The fourth-order valence-electron chi connectivity index (χ4n) is 2.44. The lowest BCUT2D eigenvalue weighted by molar-refractivity contribution is 0.293. The highest BCUT2D eigenvalue weighted by Gasteiger charge is 2.22. The number of anilines is 1. The largest absolute Gasteiger partial charge is 0.338 e. The molecular weight excluding hydrogens is 283 g/mol. The van der Waals surface area contributed by atoms with Gasteiger partial charge < -0.3 is 9.46 Å². The van der Waals surface area contributed by atoms with Crippen molar-refractivity contribution in [2.24, 2.45) is 0 Å². The predicted molar refractivity (Wildman–Crippen MR) is 88.8 cm³/mol. The second-order valence-electron chi connectivity index (χ2n) is 7.34. The van der Waals surface area contributed by atoms with Crippen LogP contribution >= 0.6 is 7.14 Å². The summed E-state index contributed by atoms with van der Waals surface area (Å²) in [5.74, 6) is 0.804. The Bertz CT molecular complexity index is 509. The van der Waals surface area contributed by atoms with Crippen molar-refractivity contribution in [2.45, 2.75) is 26.2 Å². The highest BCUT2D eigenvalue weighted by Crippen LogP contribution is 2.36. The van der Waals surface area contributed by atoms with E-state index >= 15 is 0 Å². The quantitative estimate of drug-likeness (QED) is 0.803. The molecule has 1 aliphatic heterocycles. The molecule has 0 radical (unpaired) electrons. The Labute approximate surface area is 128 Å². The average molecular weight is 310 g/mol. The van der Waals surface area contributed by atoms with Crippen LogP contribution in [-0.4, -0.2) is 60.7 Å². The Morgan fingerprint density at radius 1 is 1.10 bits per heavy atom. The van der Waals surface area contributed by atoms with E-state index in [-0.39, 0.29) is 5.41 Å².